The van der Waals surface area contributed by atoms with Crippen LogP contribution >= 0.6 is 0 Å². The largest absolute Gasteiger partial charge is 0.493 e. The van der Waals surface area contributed by atoms with Crippen LogP contribution in [0.3, 0.4) is 0 Å². The molecular weight excluding hydrogens is 312 g/mol. The predicted octanol–water partition coefficient (Wildman–Crippen LogP) is 1.47. The molecular formula is C17H26N2O5. The molecule has 1 aromatic rings. The van der Waals surface area contributed by atoms with Crippen molar-refractivity contribution in [2.75, 3.05) is 48.0 Å². The van der Waals surface area contributed by atoms with Crippen LogP contribution in [0.15, 0.2) is 12.1 Å². The van der Waals surface area contributed by atoms with Crippen molar-refractivity contribution >= 4 is 5.97 Å². The highest BCUT2D eigenvalue weighted by Crippen LogP contribution is 2.41. The van der Waals surface area contributed by atoms with Crippen LogP contribution in [0.25, 0.3) is 0 Å². The van der Waals surface area contributed by atoms with Gasteiger partial charge in [-0.05, 0) is 31.7 Å². The first kappa shape index (κ1) is 18.4. The average molecular weight is 338 g/mol. The smallest absolute Gasteiger partial charge is 0.325 e. The van der Waals surface area contributed by atoms with Crippen LogP contribution in [-0.4, -0.2) is 74.9 Å². The van der Waals surface area contributed by atoms with Crippen molar-refractivity contribution in [2.45, 2.75) is 19.0 Å². The molecule has 134 valence electrons. The topological polar surface area (TPSA) is 71.5 Å². The zero-order valence-electron chi connectivity index (χ0n) is 14.9. The Labute approximate surface area is 142 Å². The minimum absolute atomic E-state index is 0.129. The molecule has 0 aromatic heterocycles. The molecule has 2 atom stereocenters. The van der Waals surface area contributed by atoms with Gasteiger partial charge >= 0.3 is 5.97 Å². The highest BCUT2D eigenvalue weighted by Gasteiger charge is 2.35. The van der Waals surface area contributed by atoms with E-state index >= 15 is 0 Å². The molecule has 0 aliphatic carbocycles. The summed E-state index contributed by atoms with van der Waals surface area (Å²) < 4.78 is 16.0. The van der Waals surface area contributed by atoms with Crippen molar-refractivity contribution in [1.82, 2.24) is 9.80 Å². The van der Waals surface area contributed by atoms with Crippen LogP contribution in [0.2, 0.25) is 0 Å². The number of carboxylic acid groups (broad SMARTS) is 1. The number of piperazine rings is 1. The second-order valence-corrected chi connectivity index (χ2v) is 6.05. The van der Waals surface area contributed by atoms with Crippen LogP contribution in [-0.2, 0) is 4.79 Å². The highest BCUT2D eigenvalue weighted by molar-refractivity contribution is 5.76. The Hall–Kier alpha value is -1.99. The van der Waals surface area contributed by atoms with E-state index in [1.54, 1.807) is 12.1 Å². The number of nitrogens with zero attached hydrogens (tertiary/aromatic N) is 2. The molecule has 0 radical (unpaired) electrons. The van der Waals surface area contributed by atoms with Crippen LogP contribution in [0.5, 0.6) is 17.2 Å². The molecule has 2 unspecified atom stereocenters. The average Bonchev–Trinajstić information content (AvgIpc) is 2.55. The first-order valence-electron chi connectivity index (χ1n) is 7.89. The maximum atomic E-state index is 12.0. The van der Waals surface area contributed by atoms with E-state index in [9.17, 15) is 9.90 Å². The first-order chi connectivity index (χ1) is 11.4. The van der Waals surface area contributed by atoms with Gasteiger partial charge in [-0.1, -0.05) is 0 Å². The number of rotatable bonds is 6. The molecule has 1 aliphatic heterocycles. The molecule has 7 nitrogen and oxygen atoms in total. The molecule has 7 heteroatoms. The van der Waals surface area contributed by atoms with Gasteiger partial charge in [-0.3, -0.25) is 9.69 Å². The van der Waals surface area contributed by atoms with E-state index in [4.69, 9.17) is 14.2 Å². The van der Waals surface area contributed by atoms with Crippen LogP contribution in [0, 0.1) is 0 Å². The maximum Gasteiger partial charge on any atom is 0.325 e. The lowest BCUT2D eigenvalue weighted by atomic mass is 10.0. The summed E-state index contributed by atoms with van der Waals surface area (Å²) in [6, 6.07) is 2.79. The molecule has 0 bridgehead atoms. The van der Waals surface area contributed by atoms with Crippen molar-refractivity contribution in [3.63, 3.8) is 0 Å². The summed E-state index contributed by atoms with van der Waals surface area (Å²) in [6.07, 6.45) is 0. The Morgan fingerprint density at radius 1 is 1.17 bits per heavy atom. The number of likely N-dealkylation sites (N-methyl/N-ethyl adjacent to an activating group) is 1. The quantitative estimate of drug-likeness (QED) is 0.842. The van der Waals surface area contributed by atoms with Gasteiger partial charge in [0.2, 0.25) is 5.75 Å². The van der Waals surface area contributed by atoms with Gasteiger partial charge in [-0.15, -0.1) is 0 Å². The summed E-state index contributed by atoms with van der Waals surface area (Å²) in [7, 11) is 6.62. The van der Waals surface area contributed by atoms with Crippen molar-refractivity contribution in [3.8, 4) is 17.2 Å². The van der Waals surface area contributed by atoms with Gasteiger partial charge in [-0.25, -0.2) is 0 Å². The summed E-state index contributed by atoms with van der Waals surface area (Å²) >= 11 is 0. The Morgan fingerprint density at radius 2 is 1.75 bits per heavy atom. The van der Waals surface area contributed by atoms with E-state index in [2.05, 4.69) is 4.90 Å². The Kier molecular flexibility index (Phi) is 5.90. The Bertz CT molecular complexity index is 567. The van der Waals surface area contributed by atoms with Crippen molar-refractivity contribution < 1.29 is 24.1 Å². The number of ether oxygens (including phenoxy) is 3. The monoisotopic (exact) mass is 338 g/mol. The second kappa shape index (κ2) is 7.72. The lowest BCUT2D eigenvalue weighted by molar-refractivity contribution is -0.145. The van der Waals surface area contributed by atoms with E-state index < -0.39 is 12.0 Å². The second-order valence-electron chi connectivity index (χ2n) is 6.05. The molecule has 1 fully saturated rings. The predicted molar refractivity (Wildman–Crippen MR) is 90.1 cm³/mol. The van der Waals surface area contributed by atoms with Gasteiger partial charge in [0.25, 0.3) is 0 Å². The number of carboxylic acids is 1. The maximum absolute atomic E-state index is 12.0. The molecule has 0 amide bonds. The summed E-state index contributed by atoms with van der Waals surface area (Å²) in [4.78, 5) is 16.2. The molecule has 0 spiro atoms. The molecule has 2 rings (SSSR count). The fraction of sp³-hybridized carbons (Fsp3) is 0.588. The van der Waals surface area contributed by atoms with Crippen LogP contribution in [0.4, 0.5) is 0 Å². The van der Waals surface area contributed by atoms with E-state index in [1.807, 2.05) is 18.9 Å². The summed E-state index contributed by atoms with van der Waals surface area (Å²) in [5, 5.41) is 9.85. The summed E-state index contributed by atoms with van der Waals surface area (Å²) in [5.74, 6) is 0.486. The summed E-state index contributed by atoms with van der Waals surface area (Å²) in [5.41, 5.74) is 0.619. The lowest BCUT2D eigenvalue weighted by Gasteiger charge is -2.41. The third kappa shape index (κ3) is 3.57. The van der Waals surface area contributed by atoms with Crippen molar-refractivity contribution in [1.29, 1.82) is 0 Å². The third-order valence-corrected chi connectivity index (χ3v) is 4.45. The number of hydrogen-bond donors (Lipinski definition) is 1. The number of methoxy groups -OCH3 is 3. The van der Waals surface area contributed by atoms with Gasteiger partial charge < -0.3 is 24.2 Å². The minimum atomic E-state index is -0.888. The normalized spacial score (nSPS) is 20.5. The molecule has 1 N–H and O–H groups in total. The van der Waals surface area contributed by atoms with Gasteiger partial charge in [0.15, 0.2) is 11.5 Å². The van der Waals surface area contributed by atoms with E-state index in [0.29, 0.717) is 29.4 Å². The molecule has 0 saturated carbocycles. The van der Waals surface area contributed by atoms with E-state index in [-0.39, 0.29) is 6.04 Å². The minimum Gasteiger partial charge on any atom is -0.493 e. The van der Waals surface area contributed by atoms with E-state index in [0.717, 1.165) is 13.1 Å². The fourth-order valence-electron chi connectivity index (χ4n) is 3.27. The Morgan fingerprint density at radius 3 is 2.17 bits per heavy atom. The van der Waals surface area contributed by atoms with Crippen molar-refractivity contribution in [3.05, 3.63) is 17.7 Å². The zero-order chi connectivity index (χ0) is 17.9. The molecule has 1 saturated heterocycles. The first-order valence-corrected chi connectivity index (χ1v) is 7.89. The SMILES string of the molecule is COc1cc(C(C(=O)O)N2CCN(C)CC2C)cc(OC)c1OC. The fourth-order valence-corrected chi connectivity index (χ4v) is 3.27. The molecule has 1 heterocycles. The number of carbonyl (C=O) groups is 1. The van der Waals surface area contributed by atoms with Crippen LogP contribution < -0.4 is 14.2 Å². The van der Waals surface area contributed by atoms with Crippen molar-refractivity contribution in [2.24, 2.45) is 0 Å². The van der Waals surface area contributed by atoms with Gasteiger partial charge in [-0.2, -0.15) is 0 Å². The number of aliphatic carboxylic acids is 1. The van der Waals surface area contributed by atoms with Gasteiger partial charge in [0.1, 0.15) is 6.04 Å². The molecule has 1 aromatic carbocycles. The molecule has 24 heavy (non-hydrogen) atoms. The van der Waals surface area contributed by atoms with Gasteiger partial charge in [0, 0.05) is 25.7 Å². The molecule has 1 aliphatic rings. The summed E-state index contributed by atoms with van der Waals surface area (Å²) in [6.45, 7) is 4.39. The standard InChI is InChI=1S/C17H26N2O5/c1-11-10-18(2)6-7-19(11)15(17(20)21)12-8-13(22-3)16(24-5)14(9-12)23-4/h8-9,11,15H,6-7,10H2,1-5H3,(H,20,21). The number of benzene rings is 1. The van der Waals surface area contributed by atoms with Gasteiger partial charge in [0.05, 0.1) is 21.3 Å². The lowest BCUT2D eigenvalue weighted by Crippen LogP contribution is -2.53. The van der Waals surface area contributed by atoms with Crippen LogP contribution in [0.1, 0.15) is 18.5 Å². The van der Waals surface area contributed by atoms with E-state index in [1.165, 1.54) is 21.3 Å². The number of hydrogen-bond acceptors (Lipinski definition) is 6. The Balaban J connectivity index is 2.46. The zero-order valence-corrected chi connectivity index (χ0v) is 14.9. The third-order valence-electron chi connectivity index (χ3n) is 4.45. The highest BCUT2D eigenvalue weighted by atomic mass is 16.5.